The number of furan rings is 1. The van der Waals surface area contributed by atoms with E-state index in [2.05, 4.69) is 5.32 Å². The summed E-state index contributed by atoms with van der Waals surface area (Å²) >= 11 is 5.96. The highest BCUT2D eigenvalue weighted by molar-refractivity contribution is 6.33. The summed E-state index contributed by atoms with van der Waals surface area (Å²) in [6.07, 6.45) is 1.44. The highest BCUT2D eigenvalue weighted by Gasteiger charge is 2.19. The molecule has 0 aliphatic heterocycles. The molecular formula is C15H15ClN2O3. The zero-order chi connectivity index (χ0) is 15.4. The molecule has 0 aliphatic rings. The summed E-state index contributed by atoms with van der Waals surface area (Å²) in [5, 5.41) is 3.11. The van der Waals surface area contributed by atoms with Crippen molar-refractivity contribution in [2.45, 2.75) is 6.92 Å². The van der Waals surface area contributed by atoms with Crippen LogP contribution in [0.15, 0.2) is 41.0 Å². The molecule has 2 aromatic rings. The monoisotopic (exact) mass is 306 g/mol. The summed E-state index contributed by atoms with van der Waals surface area (Å²) in [5.74, 6) is -0.432. The van der Waals surface area contributed by atoms with Gasteiger partial charge in [-0.05, 0) is 25.1 Å². The second-order valence-corrected chi connectivity index (χ2v) is 5.03. The molecule has 0 atom stereocenters. The van der Waals surface area contributed by atoms with Crippen molar-refractivity contribution in [1.29, 1.82) is 0 Å². The summed E-state index contributed by atoms with van der Waals surface area (Å²) in [6, 6.07) is 8.61. The van der Waals surface area contributed by atoms with Crippen LogP contribution in [0.2, 0.25) is 5.02 Å². The van der Waals surface area contributed by atoms with Crippen LogP contribution in [0.3, 0.4) is 0 Å². The summed E-state index contributed by atoms with van der Waals surface area (Å²) in [5.41, 5.74) is 1.25. The predicted molar refractivity (Wildman–Crippen MR) is 80.5 cm³/mol. The molecule has 0 saturated carbocycles. The minimum atomic E-state index is -0.341. The van der Waals surface area contributed by atoms with Crippen LogP contribution in [0.4, 0.5) is 5.69 Å². The third kappa shape index (κ3) is 3.64. The van der Waals surface area contributed by atoms with Crippen LogP contribution in [0.5, 0.6) is 0 Å². The van der Waals surface area contributed by atoms with Crippen LogP contribution in [-0.4, -0.2) is 30.3 Å². The average molecular weight is 307 g/mol. The molecule has 21 heavy (non-hydrogen) atoms. The first kappa shape index (κ1) is 15.1. The summed E-state index contributed by atoms with van der Waals surface area (Å²) < 4.78 is 5.12. The van der Waals surface area contributed by atoms with E-state index in [1.807, 2.05) is 0 Å². The number of halogens is 1. The molecule has 5 nitrogen and oxygen atoms in total. The smallest absolute Gasteiger partial charge is 0.290 e. The quantitative estimate of drug-likeness (QED) is 0.944. The lowest BCUT2D eigenvalue weighted by Gasteiger charge is -2.16. The number of nitrogens with one attached hydrogen (secondary N) is 1. The van der Waals surface area contributed by atoms with Gasteiger partial charge in [0, 0.05) is 12.6 Å². The van der Waals surface area contributed by atoms with E-state index in [0.717, 1.165) is 5.56 Å². The number of nitrogens with zero attached hydrogens (tertiary/aromatic N) is 1. The van der Waals surface area contributed by atoms with E-state index >= 15 is 0 Å². The van der Waals surface area contributed by atoms with Gasteiger partial charge in [0.05, 0.1) is 23.5 Å². The van der Waals surface area contributed by atoms with Crippen LogP contribution < -0.4 is 5.32 Å². The van der Waals surface area contributed by atoms with Gasteiger partial charge in [0.25, 0.3) is 5.91 Å². The number of carbonyl (C=O) groups is 2. The topological polar surface area (TPSA) is 62.6 Å². The second kappa shape index (κ2) is 6.45. The molecule has 2 amide bonds. The molecule has 0 radical (unpaired) electrons. The highest BCUT2D eigenvalue weighted by atomic mass is 35.5. The fourth-order valence-electron chi connectivity index (χ4n) is 1.80. The molecule has 110 valence electrons. The van der Waals surface area contributed by atoms with Gasteiger partial charge in [-0.2, -0.15) is 0 Å². The minimum absolute atomic E-state index is 0.0931. The summed E-state index contributed by atoms with van der Waals surface area (Å²) in [7, 11) is 1.54. The predicted octanol–water partition coefficient (Wildman–Crippen LogP) is 2.95. The lowest BCUT2D eigenvalue weighted by molar-refractivity contribution is -0.116. The number of carbonyl (C=O) groups excluding carboxylic acids is 2. The minimum Gasteiger partial charge on any atom is -0.459 e. The van der Waals surface area contributed by atoms with Gasteiger partial charge in [-0.3, -0.25) is 9.59 Å². The van der Waals surface area contributed by atoms with Crippen LogP contribution in [-0.2, 0) is 4.79 Å². The van der Waals surface area contributed by atoms with E-state index in [4.69, 9.17) is 16.0 Å². The van der Waals surface area contributed by atoms with E-state index in [9.17, 15) is 9.59 Å². The molecule has 2 rings (SSSR count). The van der Waals surface area contributed by atoms with Crippen molar-refractivity contribution < 1.29 is 14.0 Å². The number of anilines is 1. The number of aryl methyl sites for hydroxylation is 1. The maximum Gasteiger partial charge on any atom is 0.290 e. The van der Waals surface area contributed by atoms with Gasteiger partial charge in [0.1, 0.15) is 0 Å². The fourth-order valence-corrected chi connectivity index (χ4v) is 1.99. The molecule has 1 heterocycles. The van der Waals surface area contributed by atoms with E-state index in [1.165, 1.54) is 18.2 Å². The molecule has 1 aromatic heterocycles. The summed E-state index contributed by atoms with van der Waals surface area (Å²) in [6.45, 7) is 1.68. The molecule has 0 fully saturated rings. The Hall–Kier alpha value is -2.27. The lowest BCUT2D eigenvalue weighted by Crippen LogP contribution is -2.35. The molecular weight excluding hydrogens is 292 g/mol. The molecule has 0 saturated heterocycles. The van der Waals surface area contributed by atoms with Gasteiger partial charge in [0.2, 0.25) is 5.91 Å². The van der Waals surface area contributed by atoms with Crippen molar-refractivity contribution in [3.05, 3.63) is 52.9 Å². The highest BCUT2D eigenvalue weighted by Crippen LogP contribution is 2.20. The number of para-hydroxylation sites is 1. The van der Waals surface area contributed by atoms with Crippen molar-refractivity contribution in [3.8, 4) is 0 Å². The standard InChI is InChI=1S/C15H15ClN2O3/c1-10-7-8-21-14(10)15(20)18(2)9-13(19)17-12-6-4-3-5-11(12)16/h3-8H,9H2,1-2H3,(H,17,19). The first-order chi connectivity index (χ1) is 9.99. The maximum absolute atomic E-state index is 12.1. The molecule has 0 spiro atoms. The van der Waals surface area contributed by atoms with Gasteiger partial charge in [0.15, 0.2) is 5.76 Å². The first-order valence-electron chi connectivity index (χ1n) is 6.33. The Labute approximate surface area is 127 Å². The molecule has 6 heteroatoms. The molecule has 1 N–H and O–H groups in total. The molecule has 0 aliphatic carbocycles. The van der Waals surface area contributed by atoms with Crippen molar-refractivity contribution >= 4 is 29.1 Å². The Bertz CT molecular complexity index is 666. The van der Waals surface area contributed by atoms with Crippen LogP contribution >= 0.6 is 11.6 Å². The average Bonchev–Trinajstić information content (AvgIpc) is 2.86. The summed E-state index contributed by atoms with van der Waals surface area (Å²) in [4.78, 5) is 25.3. The normalized spacial score (nSPS) is 10.2. The molecule has 0 bridgehead atoms. The van der Waals surface area contributed by atoms with Crippen molar-refractivity contribution in [1.82, 2.24) is 4.90 Å². The molecule has 1 aromatic carbocycles. The van der Waals surface area contributed by atoms with E-state index in [0.29, 0.717) is 10.7 Å². The Morgan fingerprint density at radius 1 is 1.29 bits per heavy atom. The molecule has 0 unspecified atom stereocenters. The number of amides is 2. The second-order valence-electron chi connectivity index (χ2n) is 4.62. The Morgan fingerprint density at radius 3 is 2.62 bits per heavy atom. The third-order valence-corrected chi connectivity index (χ3v) is 3.26. The zero-order valence-electron chi connectivity index (χ0n) is 11.7. The van der Waals surface area contributed by atoms with Gasteiger partial charge in [-0.1, -0.05) is 23.7 Å². The van der Waals surface area contributed by atoms with Gasteiger partial charge in [-0.25, -0.2) is 0 Å². The van der Waals surface area contributed by atoms with E-state index < -0.39 is 0 Å². The van der Waals surface area contributed by atoms with Gasteiger partial charge >= 0.3 is 0 Å². The SMILES string of the molecule is Cc1ccoc1C(=O)N(C)CC(=O)Nc1ccccc1Cl. The number of likely N-dealkylation sites (N-methyl/N-ethyl adjacent to an activating group) is 1. The van der Waals surface area contributed by atoms with Crippen LogP contribution in [0, 0.1) is 6.92 Å². The van der Waals surface area contributed by atoms with Crippen molar-refractivity contribution in [3.63, 3.8) is 0 Å². The van der Waals surface area contributed by atoms with Crippen molar-refractivity contribution in [2.75, 3.05) is 18.9 Å². The Morgan fingerprint density at radius 2 is 2.00 bits per heavy atom. The van der Waals surface area contributed by atoms with Gasteiger partial charge < -0.3 is 14.6 Å². The first-order valence-corrected chi connectivity index (χ1v) is 6.70. The zero-order valence-corrected chi connectivity index (χ0v) is 12.5. The number of benzene rings is 1. The van der Waals surface area contributed by atoms with Gasteiger partial charge in [-0.15, -0.1) is 0 Å². The fraction of sp³-hybridized carbons (Fsp3) is 0.200. The lowest BCUT2D eigenvalue weighted by atomic mass is 10.2. The van der Waals surface area contributed by atoms with Crippen molar-refractivity contribution in [2.24, 2.45) is 0 Å². The van der Waals surface area contributed by atoms with E-state index in [1.54, 1.807) is 37.3 Å². The van der Waals surface area contributed by atoms with E-state index in [-0.39, 0.29) is 24.1 Å². The van der Waals surface area contributed by atoms with Crippen LogP contribution in [0.1, 0.15) is 16.1 Å². The number of hydrogen-bond acceptors (Lipinski definition) is 3. The largest absolute Gasteiger partial charge is 0.459 e. The van der Waals surface area contributed by atoms with Crippen LogP contribution in [0.25, 0.3) is 0 Å². The maximum atomic E-state index is 12.1. The Balaban J connectivity index is 1.98. The Kier molecular flexibility index (Phi) is 4.65. The number of rotatable bonds is 4. The third-order valence-electron chi connectivity index (χ3n) is 2.93. The number of hydrogen-bond donors (Lipinski definition) is 1.